The summed E-state index contributed by atoms with van der Waals surface area (Å²) in [6, 6.07) is 12.8. The van der Waals surface area contributed by atoms with Gasteiger partial charge >= 0.3 is 6.09 Å². The predicted molar refractivity (Wildman–Crippen MR) is 117 cm³/mol. The molecule has 0 radical (unpaired) electrons. The van der Waals surface area contributed by atoms with Gasteiger partial charge in [-0.25, -0.2) is 9.18 Å². The Kier molecular flexibility index (Phi) is 8.54. The number of alkyl carbamates (subject to hydrolysis) is 1. The molecule has 2 rings (SSSR count). The zero-order chi connectivity index (χ0) is 22.9. The van der Waals surface area contributed by atoms with Crippen molar-refractivity contribution < 1.29 is 23.5 Å². The van der Waals surface area contributed by atoms with E-state index in [1.165, 1.54) is 12.1 Å². The SMILES string of the molecule is CC(C)(C)OC(=O)NCCC(=O)Nc1ccccc1NC(=O)CCc1ccc(F)cc1. The number of ether oxygens (including phenoxy) is 1. The second-order valence-electron chi connectivity index (χ2n) is 7.95. The fraction of sp³-hybridized carbons (Fsp3) is 0.348. The Bertz CT molecular complexity index is 908. The quantitative estimate of drug-likeness (QED) is 0.584. The number of amides is 3. The van der Waals surface area contributed by atoms with Gasteiger partial charge in [0, 0.05) is 19.4 Å². The molecule has 0 aliphatic rings. The Morgan fingerprint density at radius 2 is 1.42 bits per heavy atom. The highest BCUT2D eigenvalue weighted by Gasteiger charge is 2.16. The summed E-state index contributed by atoms with van der Waals surface area (Å²) >= 11 is 0. The van der Waals surface area contributed by atoms with E-state index in [0.29, 0.717) is 17.8 Å². The second-order valence-corrected chi connectivity index (χ2v) is 7.95. The Morgan fingerprint density at radius 3 is 1.97 bits per heavy atom. The molecule has 0 aliphatic carbocycles. The molecular weight excluding hydrogens is 401 g/mol. The second kappa shape index (κ2) is 11.1. The number of para-hydroxylation sites is 2. The highest BCUT2D eigenvalue weighted by Crippen LogP contribution is 2.21. The Morgan fingerprint density at radius 1 is 0.871 bits per heavy atom. The van der Waals surface area contributed by atoms with Gasteiger partial charge in [-0.15, -0.1) is 0 Å². The maximum absolute atomic E-state index is 13.0. The summed E-state index contributed by atoms with van der Waals surface area (Å²) in [6.45, 7) is 5.38. The molecule has 2 aromatic rings. The van der Waals surface area contributed by atoms with E-state index in [1.807, 2.05) is 0 Å². The number of benzene rings is 2. The summed E-state index contributed by atoms with van der Waals surface area (Å²) in [5, 5.41) is 8.03. The van der Waals surface area contributed by atoms with Gasteiger partial charge in [-0.1, -0.05) is 24.3 Å². The summed E-state index contributed by atoms with van der Waals surface area (Å²) in [7, 11) is 0. The molecule has 0 atom stereocenters. The largest absolute Gasteiger partial charge is 0.444 e. The van der Waals surface area contributed by atoms with Crippen LogP contribution in [0.1, 0.15) is 39.2 Å². The number of hydrogen-bond donors (Lipinski definition) is 3. The molecule has 2 aromatic carbocycles. The van der Waals surface area contributed by atoms with Crippen molar-refractivity contribution in [3.8, 4) is 0 Å². The third-order valence-electron chi connectivity index (χ3n) is 4.05. The maximum Gasteiger partial charge on any atom is 0.407 e. The van der Waals surface area contributed by atoms with E-state index in [0.717, 1.165) is 5.56 Å². The average Bonchev–Trinajstić information content (AvgIpc) is 2.67. The number of nitrogens with one attached hydrogen (secondary N) is 3. The molecule has 31 heavy (non-hydrogen) atoms. The number of rotatable bonds is 8. The molecule has 0 saturated heterocycles. The molecule has 3 N–H and O–H groups in total. The fourth-order valence-electron chi connectivity index (χ4n) is 2.63. The van der Waals surface area contributed by atoms with Crippen molar-refractivity contribution in [2.75, 3.05) is 17.2 Å². The average molecular weight is 429 g/mol. The Labute approximate surface area is 181 Å². The van der Waals surface area contributed by atoms with Gasteiger partial charge in [-0.05, 0) is 57.0 Å². The first kappa shape index (κ1) is 23.9. The van der Waals surface area contributed by atoms with Crippen LogP contribution in [0.2, 0.25) is 0 Å². The highest BCUT2D eigenvalue weighted by atomic mass is 19.1. The van der Waals surface area contributed by atoms with E-state index >= 15 is 0 Å². The molecule has 0 spiro atoms. The van der Waals surface area contributed by atoms with E-state index in [4.69, 9.17) is 4.74 Å². The van der Waals surface area contributed by atoms with E-state index in [-0.39, 0.29) is 37.0 Å². The summed E-state index contributed by atoms with van der Waals surface area (Å²) in [5.74, 6) is -0.860. The van der Waals surface area contributed by atoms with E-state index in [1.54, 1.807) is 57.2 Å². The van der Waals surface area contributed by atoms with E-state index < -0.39 is 11.7 Å². The summed E-state index contributed by atoms with van der Waals surface area (Å²) in [6.07, 6.45) is 0.144. The molecule has 0 unspecified atom stereocenters. The van der Waals surface area contributed by atoms with Gasteiger partial charge in [0.25, 0.3) is 0 Å². The molecule has 3 amide bonds. The minimum atomic E-state index is -0.611. The smallest absolute Gasteiger partial charge is 0.407 e. The third-order valence-corrected chi connectivity index (χ3v) is 4.05. The van der Waals surface area contributed by atoms with Crippen LogP contribution >= 0.6 is 0 Å². The van der Waals surface area contributed by atoms with Gasteiger partial charge in [0.2, 0.25) is 11.8 Å². The number of aryl methyl sites for hydroxylation is 1. The maximum atomic E-state index is 13.0. The van der Waals surface area contributed by atoms with Gasteiger partial charge in [0.1, 0.15) is 11.4 Å². The van der Waals surface area contributed by atoms with Crippen LogP contribution in [0, 0.1) is 5.82 Å². The lowest BCUT2D eigenvalue weighted by molar-refractivity contribution is -0.117. The molecule has 166 valence electrons. The first-order valence-corrected chi connectivity index (χ1v) is 10.0. The van der Waals surface area contributed by atoms with Gasteiger partial charge in [-0.2, -0.15) is 0 Å². The fourth-order valence-corrected chi connectivity index (χ4v) is 2.63. The minimum Gasteiger partial charge on any atom is -0.444 e. The Balaban J connectivity index is 1.82. The molecule has 0 aliphatic heterocycles. The topological polar surface area (TPSA) is 96.5 Å². The van der Waals surface area contributed by atoms with Crippen molar-refractivity contribution in [1.82, 2.24) is 5.32 Å². The van der Waals surface area contributed by atoms with Gasteiger partial charge in [0.15, 0.2) is 0 Å². The van der Waals surface area contributed by atoms with Crippen molar-refractivity contribution in [2.45, 2.75) is 45.6 Å². The van der Waals surface area contributed by atoms with Crippen LogP contribution in [0.3, 0.4) is 0 Å². The number of hydrogen-bond acceptors (Lipinski definition) is 4. The van der Waals surface area contributed by atoms with Gasteiger partial charge in [-0.3, -0.25) is 9.59 Å². The van der Waals surface area contributed by atoms with Gasteiger partial charge in [0.05, 0.1) is 11.4 Å². The lowest BCUT2D eigenvalue weighted by Crippen LogP contribution is -2.34. The number of halogens is 1. The van der Waals surface area contributed by atoms with Crippen LogP contribution in [-0.4, -0.2) is 30.1 Å². The first-order chi connectivity index (χ1) is 14.6. The molecule has 0 saturated carbocycles. The molecular formula is C23H28FN3O4. The molecule has 0 aromatic heterocycles. The number of carbonyl (C=O) groups is 3. The zero-order valence-electron chi connectivity index (χ0n) is 18.0. The molecule has 8 heteroatoms. The zero-order valence-corrected chi connectivity index (χ0v) is 18.0. The standard InChI is InChI=1S/C23H28FN3O4/c1-23(2,3)31-22(30)25-15-14-21(29)27-19-7-5-4-6-18(19)26-20(28)13-10-16-8-11-17(24)12-9-16/h4-9,11-12H,10,13-15H2,1-3H3,(H,25,30)(H,26,28)(H,27,29). The summed E-state index contributed by atoms with van der Waals surface area (Å²) in [4.78, 5) is 36.1. The van der Waals surface area contributed by atoms with Crippen LogP contribution in [0.4, 0.5) is 20.6 Å². The summed E-state index contributed by atoms with van der Waals surface area (Å²) < 4.78 is 18.1. The molecule has 0 heterocycles. The van der Waals surface area contributed by atoms with Crippen LogP contribution in [0.5, 0.6) is 0 Å². The predicted octanol–water partition coefficient (Wildman–Crippen LogP) is 4.25. The first-order valence-electron chi connectivity index (χ1n) is 10.0. The van der Waals surface area contributed by atoms with Crippen molar-refractivity contribution in [2.24, 2.45) is 0 Å². The van der Waals surface area contributed by atoms with Crippen molar-refractivity contribution in [3.63, 3.8) is 0 Å². The highest BCUT2D eigenvalue weighted by molar-refractivity contribution is 5.99. The normalized spacial score (nSPS) is 10.8. The van der Waals surface area contributed by atoms with Crippen LogP contribution in [0.25, 0.3) is 0 Å². The Hall–Kier alpha value is -3.42. The molecule has 0 bridgehead atoms. The lowest BCUT2D eigenvalue weighted by atomic mass is 10.1. The van der Waals surface area contributed by atoms with E-state index in [9.17, 15) is 18.8 Å². The van der Waals surface area contributed by atoms with Crippen LogP contribution < -0.4 is 16.0 Å². The third kappa shape index (κ3) is 9.29. The summed E-state index contributed by atoms with van der Waals surface area (Å²) in [5.41, 5.74) is 1.18. The van der Waals surface area contributed by atoms with Crippen molar-refractivity contribution >= 4 is 29.3 Å². The monoisotopic (exact) mass is 429 g/mol. The lowest BCUT2D eigenvalue weighted by Gasteiger charge is -2.19. The number of anilines is 2. The number of carbonyl (C=O) groups excluding carboxylic acids is 3. The van der Waals surface area contributed by atoms with Crippen molar-refractivity contribution in [3.05, 3.63) is 59.9 Å². The van der Waals surface area contributed by atoms with Crippen molar-refractivity contribution in [1.29, 1.82) is 0 Å². The minimum absolute atomic E-state index is 0.0477. The van der Waals surface area contributed by atoms with E-state index in [2.05, 4.69) is 16.0 Å². The molecule has 7 nitrogen and oxygen atoms in total. The molecule has 0 fully saturated rings. The van der Waals surface area contributed by atoms with Crippen LogP contribution in [0.15, 0.2) is 48.5 Å². The van der Waals surface area contributed by atoms with Crippen LogP contribution in [-0.2, 0) is 20.7 Å². The van der Waals surface area contributed by atoms with Gasteiger partial charge < -0.3 is 20.7 Å².